The van der Waals surface area contributed by atoms with Crippen molar-refractivity contribution in [3.05, 3.63) is 39.8 Å². The predicted molar refractivity (Wildman–Crippen MR) is 94.1 cm³/mol. The first-order valence-corrected chi connectivity index (χ1v) is 9.31. The van der Waals surface area contributed by atoms with E-state index in [1.54, 1.807) is 17.8 Å². The van der Waals surface area contributed by atoms with Gasteiger partial charge >= 0.3 is 5.69 Å². The average molecular weight is 360 g/mol. The maximum Gasteiger partial charge on any atom is 0.345 e. The number of piperidine rings is 1. The highest BCUT2D eigenvalue weighted by atomic mass is 32.1. The standard InChI is InChI=1S/C16H20N6O2S/c1-3-22-13(18-19(2)16(22)24)11-5-4-6-20(9-11)14(23)12-10-21-7-8-25-15(21)17-12/h7-8,10-11H,3-6,9H2,1-2H3/t11-/m1/s1. The highest BCUT2D eigenvalue weighted by Gasteiger charge is 2.30. The number of carbonyl (C=O) groups is 1. The van der Waals surface area contributed by atoms with Crippen LogP contribution in [0.5, 0.6) is 0 Å². The Balaban J connectivity index is 1.58. The van der Waals surface area contributed by atoms with Crippen LogP contribution in [0.4, 0.5) is 0 Å². The minimum absolute atomic E-state index is 0.0538. The van der Waals surface area contributed by atoms with Crippen LogP contribution in [0.15, 0.2) is 22.6 Å². The number of nitrogens with zero attached hydrogens (tertiary/aromatic N) is 6. The fourth-order valence-electron chi connectivity index (χ4n) is 3.49. The molecule has 0 saturated carbocycles. The van der Waals surface area contributed by atoms with Gasteiger partial charge in [-0.15, -0.1) is 11.3 Å². The number of carbonyl (C=O) groups excluding carboxylic acids is 1. The van der Waals surface area contributed by atoms with Crippen molar-refractivity contribution in [1.29, 1.82) is 0 Å². The molecule has 1 amide bonds. The summed E-state index contributed by atoms with van der Waals surface area (Å²) in [7, 11) is 1.67. The van der Waals surface area contributed by atoms with Crippen molar-refractivity contribution in [2.24, 2.45) is 7.05 Å². The summed E-state index contributed by atoms with van der Waals surface area (Å²) in [4.78, 5) is 32.0. The van der Waals surface area contributed by atoms with Crippen LogP contribution in [-0.4, -0.2) is 47.6 Å². The van der Waals surface area contributed by atoms with Gasteiger partial charge in [0.1, 0.15) is 11.5 Å². The third kappa shape index (κ3) is 2.68. The van der Waals surface area contributed by atoms with Gasteiger partial charge in [0, 0.05) is 50.4 Å². The zero-order valence-corrected chi connectivity index (χ0v) is 15.1. The number of aryl methyl sites for hydroxylation is 1. The minimum atomic E-state index is -0.102. The number of thiazole rings is 1. The monoisotopic (exact) mass is 360 g/mol. The van der Waals surface area contributed by atoms with Gasteiger partial charge < -0.3 is 4.90 Å². The fourth-order valence-corrected chi connectivity index (χ4v) is 4.19. The Morgan fingerprint density at radius 1 is 1.44 bits per heavy atom. The van der Waals surface area contributed by atoms with E-state index in [1.165, 1.54) is 16.0 Å². The molecule has 0 bridgehead atoms. The van der Waals surface area contributed by atoms with Crippen LogP contribution in [0.1, 0.15) is 42.0 Å². The van der Waals surface area contributed by atoms with E-state index in [0.29, 0.717) is 25.3 Å². The molecule has 8 nitrogen and oxygen atoms in total. The van der Waals surface area contributed by atoms with Gasteiger partial charge in [-0.25, -0.2) is 14.5 Å². The van der Waals surface area contributed by atoms with Gasteiger partial charge in [-0.1, -0.05) is 0 Å². The summed E-state index contributed by atoms with van der Waals surface area (Å²) < 4.78 is 4.95. The lowest BCUT2D eigenvalue weighted by Gasteiger charge is -2.31. The molecule has 0 N–H and O–H groups in total. The molecule has 1 atom stereocenters. The van der Waals surface area contributed by atoms with Gasteiger partial charge in [-0.2, -0.15) is 5.10 Å². The van der Waals surface area contributed by atoms with Crippen molar-refractivity contribution < 1.29 is 4.79 Å². The van der Waals surface area contributed by atoms with Crippen LogP contribution >= 0.6 is 11.3 Å². The molecule has 1 fully saturated rings. The molecular weight excluding hydrogens is 340 g/mol. The van der Waals surface area contributed by atoms with Gasteiger partial charge in [0.15, 0.2) is 4.96 Å². The highest BCUT2D eigenvalue weighted by Crippen LogP contribution is 2.26. The molecule has 0 spiro atoms. The Morgan fingerprint density at radius 3 is 3.04 bits per heavy atom. The van der Waals surface area contributed by atoms with E-state index in [-0.39, 0.29) is 17.5 Å². The lowest BCUT2D eigenvalue weighted by molar-refractivity contribution is 0.0698. The molecule has 25 heavy (non-hydrogen) atoms. The van der Waals surface area contributed by atoms with Gasteiger partial charge in [0.2, 0.25) is 0 Å². The molecule has 4 rings (SSSR count). The van der Waals surface area contributed by atoms with E-state index < -0.39 is 0 Å². The first-order valence-electron chi connectivity index (χ1n) is 8.43. The zero-order valence-electron chi connectivity index (χ0n) is 14.3. The quantitative estimate of drug-likeness (QED) is 0.706. The summed E-state index contributed by atoms with van der Waals surface area (Å²) in [5.41, 5.74) is 0.372. The van der Waals surface area contributed by atoms with Crippen molar-refractivity contribution in [3.8, 4) is 0 Å². The molecule has 3 aromatic rings. The molecule has 1 saturated heterocycles. The number of aromatic nitrogens is 5. The third-order valence-electron chi connectivity index (χ3n) is 4.74. The second-order valence-electron chi connectivity index (χ2n) is 6.32. The Hall–Kier alpha value is -2.42. The van der Waals surface area contributed by atoms with Crippen LogP contribution in [0.3, 0.4) is 0 Å². The van der Waals surface area contributed by atoms with Gasteiger partial charge in [-0.3, -0.25) is 13.8 Å². The molecule has 1 aliphatic heterocycles. The predicted octanol–water partition coefficient (Wildman–Crippen LogP) is 1.33. The number of hydrogen-bond acceptors (Lipinski definition) is 5. The molecule has 1 aliphatic rings. The highest BCUT2D eigenvalue weighted by molar-refractivity contribution is 7.15. The Morgan fingerprint density at radius 2 is 2.28 bits per heavy atom. The summed E-state index contributed by atoms with van der Waals surface area (Å²) in [5.74, 6) is 0.801. The maximum absolute atomic E-state index is 12.8. The average Bonchev–Trinajstić information content (AvgIpc) is 3.29. The molecule has 3 aromatic heterocycles. The first kappa shape index (κ1) is 16.1. The largest absolute Gasteiger partial charge is 0.345 e. The lowest BCUT2D eigenvalue weighted by atomic mass is 9.97. The van der Waals surface area contributed by atoms with E-state index in [0.717, 1.165) is 23.6 Å². The SMILES string of the molecule is CCn1c([C@@H]2CCCN(C(=O)c3cn4ccsc4n3)C2)nn(C)c1=O. The lowest BCUT2D eigenvalue weighted by Crippen LogP contribution is -2.40. The van der Waals surface area contributed by atoms with Gasteiger partial charge in [0.05, 0.1) is 0 Å². The molecule has 0 unspecified atom stereocenters. The van der Waals surface area contributed by atoms with Crippen LogP contribution in [0, 0.1) is 0 Å². The van der Waals surface area contributed by atoms with Gasteiger partial charge in [0.25, 0.3) is 5.91 Å². The second kappa shape index (κ2) is 6.14. The van der Waals surface area contributed by atoms with E-state index >= 15 is 0 Å². The molecular formula is C16H20N6O2S. The third-order valence-corrected chi connectivity index (χ3v) is 5.51. The van der Waals surface area contributed by atoms with Crippen LogP contribution in [-0.2, 0) is 13.6 Å². The first-order chi connectivity index (χ1) is 12.1. The zero-order chi connectivity index (χ0) is 17.6. The Labute approximate surface area is 148 Å². The number of hydrogen-bond donors (Lipinski definition) is 0. The number of fused-ring (bicyclic) bond motifs is 1. The van der Waals surface area contributed by atoms with E-state index in [2.05, 4.69) is 10.1 Å². The minimum Gasteiger partial charge on any atom is -0.337 e. The number of imidazole rings is 1. The number of amides is 1. The van der Waals surface area contributed by atoms with Crippen LogP contribution in [0.25, 0.3) is 4.96 Å². The summed E-state index contributed by atoms with van der Waals surface area (Å²) in [6, 6.07) is 0. The topological polar surface area (TPSA) is 77.4 Å². The molecule has 0 radical (unpaired) electrons. The van der Waals surface area contributed by atoms with Crippen molar-refractivity contribution in [2.75, 3.05) is 13.1 Å². The van der Waals surface area contributed by atoms with E-state index in [1.807, 2.05) is 27.8 Å². The molecule has 0 aromatic carbocycles. The van der Waals surface area contributed by atoms with Gasteiger partial charge in [-0.05, 0) is 19.8 Å². The smallest absolute Gasteiger partial charge is 0.337 e. The summed E-state index contributed by atoms with van der Waals surface area (Å²) in [6.07, 6.45) is 5.50. The van der Waals surface area contributed by atoms with E-state index in [4.69, 9.17) is 0 Å². The molecule has 0 aliphatic carbocycles. The van der Waals surface area contributed by atoms with Crippen molar-refractivity contribution >= 4 is 22.2 Å². The number of likely N-dealkylation sites (tertiary alicyclic amines) is 1. The molecule has 9 heteroatoms. The maximum atomic E-state index is 12.8. The number of rotatable bonds is 3. The molecule has 132 valence electrons. The molecule has 4 heterocycles. The Bertz CT molecular complexity index is 952. The van der Waals surface area contributed by atoms with Crippen molar-refractivity contribution in [3.63, 3.8) is 0 Å². The fraction of sp³-hybridized carbons (Fsp3) is 0.500. The van der Waals surface area contributed by atoms with Crippen molar-refractivity contribution in [1.82, 2.24) is 28.6 Å². The van der Waals surface area contributed by atoms with E-state index in [9.17, 15) is 9.59 Å². The summed E-state index contributed by atoms with van der Waals surface area (Å²) >= 11 is 1.51. The second-order valence-corrected chi connectivity index (χ2v) is 7.19. The van der Waals surface area contributed by atoms with Crippen LogP contribution < -0.4 is 5.69 Å². The summed E-state index contributed by atoms with van der Waals surface area (Å²) in [5, 5.41) is 6.35. The summed E-state index contributed by atoms with van der Waals surface area (Å²) in [6.45, 7) is 3.81. The normalized spacial score (nSPS) is 18.2. The van der Waals surface area contributed by atoms with Crippen molar-refractivity contribution in [2.45, 2.75) is 32.2 Å². The van der Waals surface area contributed by atoms with Crippen LogP contribution in [0.2, 0.25) is 0 Å². The Kier molecular flexibility index (Phi) is 3.95.